The number of phosphoric ester groups is 1. The summed E-state index contributed by atoms with van der Waals surface area (Å²) < 4.78 is 33.9. The van der Waals surface area contributed by atoms with Crippen molar-refractivity contribution in [2.24, 2.45) is 0 Å². The molecule has 10 heteroatoms. The van der Waals surface area contributed by atoms with Gasteiger partial charge in [0, 0.05) is 12.8 Å². The maximum Gasteiger partial charge on any atom is 0.306 e. The van der Waals surface area contributed by atoms with Crippen molar-refractivity contribution in [2.45, 2.75) is 187 Å². The molecule has 0 aromatic heterocycles. The van der Waals surface area contributed by atoms with Crippen LogP contribution in [0.15, 0.2) is 60.8 Å². The molecule has 0 radical (unpaired) electrons. The number of ether oxygens (including phenoxy) is 2. The normalized spacial score (nSPS) is 14.1. The van der Waals surface area contributed by atoms with E-state index in [0.717, 1.165) is 83.5 Å². The minimum Gasteiger partial charge on any atom is -0.756 e. The number of carbonyl (C=O) groups is 2. The molecular formula is C48H86NO8P. The molecule has 336 valence electrons. The zero-order valence-corrected chi connectivity index (χ0v) is 38.6. The fourth-order valence-corrected chi connectivity index (χ4v) is 6.66. The summed E-state index contributed by atoms with van der Waals surface area (Å²) in [6, 6.07) is 0. The van der Waals surface area contributed by atoms with Crippen LogP contribution in [-0.2, 0) is 32.7 Å². The number of quaternary nitrogens is 1. The molecule has 58 heavy (non-hydrogen) atoms. The number of nitrogens with zero attached hydrogens (tertiary/aromatic N) is 1. The number of unbranched alkanes of at least 4 members (excludes halogenated alkanes) is 17. The van der Waals surface area contributed by atoms with Crippen LogP contribution >= 0.6 is 7.82 Å². The minimum absolute atomic E-state index is 0.0371. The number of rotatable bonds is 41. The molecule has 0 spiro atoms. The van der Waals surface area contributed by atoms with Crippen LogP contribution < -0.4 is 4.89 Å². The van der Waals surface area contributed by atoms with Crippen molar-refractivity contribution in [2.75, 3.05) is 47.5 Å². The molecular weight excluding hydrogens is 750 g/mol. The fraction of sp³-hybridized carbons (Fsp3) is 0.750. The molecule has 9 nitrogen and oxygen atoms in total. The lowest BCUT2D eigenvalue weighted by molar-refractivity contribution is -0.870. The van der Waals surface area contributed by atoms with Crippen molar-refractivity contribution in [3.05, 3.63) is 60.8 Å². The van der Waals surface area contributed by atoms with E-state index in [0.29, 0.717) is 23.9 Å². The minimum atomic E-state index is -4.63. The van der Waals surface area contributed by atoms with Gasteiger partial charge in [-0.05, 0) is 77.0 Å². The first-order valence-electron chi connectivity index (χ1n) is 23.0. The third-order valence-corrected chi connectivity index (χ3v) is 10.5. The lowest BCUT2D eigenvalue weighted by Crippen LogP contribution is -2.37. The molecule has 1 unspecified atom stereocenters. The van der Waals surface area contributed by atoms with E-state index in [1.807, 2.05) is 21.1 Å². The van der Waals surface area contributed by atoms with E-state index < -0.39 is 32.5 Å². The maximum absolute atomic E-state index is 12.7. The lowest BCUT2D eigenvalue weighted by Gasteiger charge is -2.28. The van der Waals surface area contributed by atoms with E-state index >= 15 is 0 Å². The Balaban J connectivity index is 4.35. The zero-order chi connectivity index (χ0) is 42.8. The molecule has 0 amide bonds. The second kappa shape index (κ2) is 40.1. The second-order valence-corrected chi connectivity index (χ2v) is 17.8. The van der Waals surface area contributed by atoms with Gasteiger partial charge in [-0.2, -0.15) is 0 Å². The van der Waals surface area contributed by atoms with Gasteiger partial charge in [-0.15, -0.1) is 0 Å². The number of hydrogen-bond acceptors (Lipinski definition) is 8. The molecule has 0 aliphatic rings. The third-order valence-electron chi connectivity index (χ3n) is 9.52. The van der Waals surface area contributed by atoms with Gasteiger partial charge in [0.2, 0.25) is 0 Å². The first kappa shape index (κ1) is 55.7. The number of esters is 2. The Morgan fingerprint density at radius 1 is 0.552 bits per heavy atom. The van der Waals surface area contributed by atoms with E-state index in [1.54, 1.807) is 0 Å². The summed E-state index contributed by atoms with van der Waals surface area (Å²) in [6.07, 6.45) is 48.1. The second-order valence-electron chi connectivity index (χ2n) is 16.4. The predicted octanol–water partition coefficient (Wildman–Crippen LogP) is 12.6. The number of likely N-dealkylation sites (N-methyl/N-ethyl adjacent to an activating group) is 1. The Bertz CT molecular complexity index is 1170. The summed E-state index contributed by atoms with van der Waals surface area (Å²) in [5.74, 6) is -0.862. The van der Waals surface area contributed by atoms with Gasteiger partial charge in [-0.3, -0.25) is 14.2 Å². The van der Waals surface area contributed by atoms with Crippen molar-refractivity contribution in [3.63, 3.8) is 0 Å². The monoisotopic (exact) mass is 836 g/mol. The number of allylic oxidation sites excluding steroid dienone is 10. The van der Waals surface area contributed by atoms with Crippen LogP contribution in [0.3, 0.4) is 0 Å². The van der Waals surface area contributed by atoms with Crippen LogP contribution in [0.4, 0.5) is 0 Å². The highest BCUT2D eigenvalue weighted by Gasteiger charge is 2.21. The molecule has 0 N–H and O–H groups in total. The Morgan fingerprint density at radius 3 is 1.47 bits per heavy atom. The Labute approximate surface area is 356 Å². The Hall–Kier alpha value is -2.29. The van der Waals surface area contributed by atoms with E-state index in [1.165, 1.54) is 57.8 Å². The van der Waals surface area contributed by atoms with Gasteiger partial charge in [-0.25, -0.2) is 0 Å². The number of carbonyl (C=O) groups excluding carboxylic acids is 2. The molecule has 0 aliphatic carbocycles. The van der Waals surface area contributed by atoms with Crippen molar-refractivity contribution in [1.82, 2.24) is 0 Å². The largest absolute Gasteiger partial charge is 0.756 e. The van der Waals surface area contributed by atoms with E-state index in [-0.39, 0.29) is 26.1 Å². The summed E-state index contributed by atoms with van der Waals surface area (Å²) in [5.41, 5.74) is 0. The Kier molecular flexibility index (Phi) is 38.5. The molecule has 0 fully saturated rings. The first-order valence-corrected chi connectivity index (χ1v) is 24.5. The van der Waals surface area contributed by atoms with Crippen molar-refractivity contribution >= 4 is 19.8 Å². The van der Waals surface area contributed by atoms with E-state index in [2.05, 4.69) is 74.6 Å². The highest BCUT2D eigenvalue weighted by atomic mass is 31.2. The average molecular weight is 836 g/mol. The summed E-state index contributed by atoms with van der Waals surface area (Å²) >= 11 is 0. The SMILES string of the molecule is CC/C=C/C/C=C/C/C=C/CCCCCCCC(=O)OC[C@H](COP(=O)([O-])OCC[N+](C)(C)C)OC(=O)CCCCCCCCCCC/C=C/C/C=C/CCCCC. The quantitative estimate of drug-likeness (QED) is 0.0197. The summed E-state index contributed by atoms with van der Waals surface area (Å²) in [7, 11) is 1.14. The van der Waals surface area contributed by atoms with Gasteiger partial charge in [-0.1, -0.05) is 152 Å². The highest BCUT2D eigenvalue weighted by Crippen LogP contribution is 2.38. The van der Waals surface area contributed by atoms with Gasteiger partial charge in [0.1, 0.15) is 19.8 Å². The average Bonchev–Trinajstić information content (AvgIpc) is 3.17. The molecule has 0 rings (SSSR count). The zero-order valence-electron chi connectivity index (χ0n) is 37.7. The summed E-state index contributed by atoms with van der Waals surface area (Å²) in [6.45, 7) is 4.06. The molecule has 0 saturated carbocycles. The molecule has 2 atom stereocenters. The topological polar surface area (TPSA) is 111 Å². The fourth-order valence-electron chi connectivity index (χ4n) is 5.93. The summed E-state index contributed by atoms with van der Waals surface area (Å²) in [4.78, 5) is 37.6. The van der Waals surface area contributed by atoms with E-state index in [4.69, 9.17) is 18.5 Å². The number of hydrogen-bond donors (Lipinski definition) is 0. The predicted molar refractivity (Wildman–Crippen MR) is 240 cm³/mol. The van der Waals surface area contributed by atoms with Crippen LogP contribution in [0.1, 0.15) is 181 Å². The molecule has 0 saturated heterocycles. The van der Waals surface area contributed by atoms with Gasteiger partial charge in [0.05, 0.1) is 27.7 Å². The highest BCUT2D eigenvalue weighted by molar-refractivity contribution is 7.45. The lowest BCUT2D eigenvalue weighted by atomic mass is 10.1. The van der Waals surface area contributed by atoms with Crippen molar-refractivity contribution < 1.29 is 42.1 Å². The summed E-state index contributed by atoms with van der Waals surface area (Å²) in [5, 5.41) is 0. The van der Waals surface area contributed by atoms with Gasteiger partial charge in [0.15, 0.2) is 6.10 Å². The maximum atomic E-state index is 12.7. The van der Waals surface area contributed by atoms with Crippen LogP contribution in [0.5, 0.6) is 0 Å². The Morgan fingerprint density at radius 2 is 0.983 bits per heavy atom. The third kappa shape index (κ3) is 43.3. The molecule has 0 aromatic carbocycles. The molecule has 0 heterocycles. The van der Waals surface area contributed by atoms with Crippen molar-refractivity contribution in [1.29, 1.82) is 0 Å². The van der Waals surface area contributed by atoms with Gasteiger partial charge in [0.25, 0.3) is 7.82 Å². The van der Waals surface area contributed by atoms with Crippen LogP contribution in [0, 0.1) is 0 Å². The number of phosphoric acid groups is 1. The van der Waals surface area contributed by atoms with Gasteiger partial charge >= 0.3 is 11.9 Å². The van der Waals surface area contributed by atoms with Gasteiger partial charge < -0.3 is 27.9 Å². The molecule has 0 aliphatic heterocycles. The smallest absolute Gasteiger partial charge is 0.306 e. The van der Waals surface area contributed by atoms with Crippen molar-refractivity contribution in [3.8, 4) is 0 Å². The van der Waals surface area contributed by atoms with Crippen LogP contribution in [0.2, 0.25) is 0 Å². The first-order chi connectivity index (χ1) is 28.0. The van der Waals surface area contributed by atoms with E-state index in [9.17, 15) is 19.0 Å². The molecule has 0 aromatic rings. The van der Waals surface area contributed by atoms with Crippen LogP contribution in [-0.4, -0.2) is 70.0 Å². The van der Waals surface area contributed by atoms with Crippen LogP contribution in [0.25, 0.3) is 0 Å². The standard InChI is InChI=1S/C48H86NO8P/c1-6-8-10-12-14-16-18-20-22-23-24-25-27-29-31-33-35-37-39-41-48(51)57-46(45-56-58(52,53)55-43-42-49(3,4)5)44-54-47(50)40-38-36-34-32-30-28-26-21-19-17-15-13-11-9-7-2/h9,11,14-17,20-22,26,46H,6-8,10,12-13,18-19,23-25,27-45H2,1-5H3/b11-9+,16-14+,17-15+,22-20+,26-21+/t46-/m1/s1. The molecule has 0 bridgehead atoms.